The van der Waals surface area contributed by atoms with E-state index in [1.54, 1.807) is 23.7 Å². The summed E-state index contributed by atoms with van der Waals surface area (Å²) in [7, 11) is -3.64. The summed E-state index contributed by atoms with van der Waals surface area (Å²) in [6.45, 7) is 3.46. The fraction of sp³-hybridized carbons (Fsp3) is 0.250. The van der Waals surface area contributed by atoms with E-state index in [0.29, 0.717) is 16.1 Å². The number of thiazole rings is 1. The van der Waals surface area contributed by atoms with Crippen molar-refractivity contribution < 1.29 is 8.42 Å². The first-order valence-corrected chi connectivity index (χ1v) is 9.10. The van der Waals surface area contributed by atoms with Crippen LogP contribution in [-0.4, -0.2) is 19.9 Å². The maximum Gasteiger partial charge on any atom is 0.264 e. The SMILES string of the molecule is CCNCc1ccc(Br)c(S(=O)(=O)Nc2nccs2)c1. The van der Waals surface area contributed by atoms with Crippen LogP contribution >= 0.6 is 27.3 Å². The molecule has 0 unspecified atom stereocenters. The summed E-state index contributed by atoms with van der Waals surface area (Å²) in [5.74, 6) is 0. The quantitative estimate of drug-likeness (QED) is 0.814. The van der Waals surface area contributed by atoms with Crippen molar-refractivity contribution in [3.8, 4) is 0 Å². The minimum absolute atomic E-state index is 0.211. The molecule has 2 rings (SSSR count). The third-order valence-electron chi connectivity index (χ3n) is 2.52. The summed E-state index contributed by atoms with van der Waals surface area (Å²) in [5, 5.41) is 5.24. The zero-order valence-electron chi connectivity index (χ0n) is 10.8. The molecule has 0 radical (unpaired) electrons. The Bertz CT molecular complexity index is 672. The molecule has 20 heavy (non-hydrogen) atoms. The molecule has 0 bridgehead atoms. The van der Waals surface area contributed by atoms with Crippen molar-refractivity contribution in [2.45, 2.75) is 18.4 Å². The molecule has 0 aliphatic carbocycles. The molecule has 0 saturated carbocycles. The highest BCUT2D eigenvalue weighted by molar-refractivity contribution is 9.10. The molecule has 0 saturated heterocycles. The van der Waals surface area contributed by atoms with Gasteiger partial charge in [-0.1, -0.05) is 13.0 Å². The largest absolute Gasteiger partial charge is 0.313 e. The first kappa shape index (κ1) is 15.4. The maximum absolute atomic E-state index is 12.4. The van der Waals surface area contributed by atoms with Gasteiger partial charge in [0.2, 0.25) is 0 Å². The van der Waals surface area contributed by atoms with Crippen molar-refractivity contribution in [1.29, 1.82) is 0 Å². The summed E-state index contributed by atoms with van der Waals surface area (Å²) in [6, 6.07) is 5.28. The van der Waals surface area contributed by atoms with Crippen LogP contribution in [0, 0.1) is 0 Å². The van der Waals surface area contributed by atoms with Crippen molar-refractivity contribution in [3.63, 3.8) is 0 Å². The lowest BCUT2D eigenvalue weighted by molar-refractivity contribution is 0.600. The minimum atomic E-state index is -3.64. The van der Waals surface area contributed by atoms with Gasteiger partial charge in [0.25, 0.3) is 10.0 Å². The first-order valence-electron chi connectivity index (χ1n) is 5.94. The Hall–Kier alpha value is -0.960. The van der Waals surface area contributed by atoms with Gasteiger partial charge in [-0.3, -0.25) is 4.72 Å². The van der Waals surface area contributed by atoms with Crippen LogP contribution in [0.4, 0.5) is 5.13 Å². The molecule has 108 valence electrons. The second kappa shape index (κ2) is 6.66. The molecule has 0 fully saturated rings. The summed E-state index contributed by atoms with van der Waals surface area (Å²) in [6.07, 6.45) is 1.55. The third-order valence-corrected chi connectivity index (χ3v) is 5.67. The molecular formula is C12H14BrN3O2S2. The molecule has 0 aliphatic rings. The summed E-state index contributed by atoms with van der Waals surface area (Å²) >= 11 is 4.52. The van der Waals surface area contributed by atoms with Crippen molar-refractivity contribution in [1.82, 2.24) is 10.3 Å². The van der Waals surface area contributed by atoms with E-state index in [9.17, 15) is 8.42 Å². The number of benzene rings is 1. The van der Waals surface area contributed by atoms with E-state index in [4.69, 9.17) is 0 Å². The number of anilines is 1. The number of sulfonamides is 1. The van der Waals surface area contributed by atoms with Gasteiger partial charge in [-0.25, -0.2) is 13.4 Å². The highest BCUT2D eigenvalue weighted by Gasteiger charge is 2.19. The van der Waals surface area contributed by atoms with Gasteiger partial charge >= 0.3 is 0 Å². The number of aromatic nitrogens is 1. The average molecular weight is 376 g/mol. The van der Waals surface area contributed by atoms with Gasteiger partial charge < -0.3 is 5.32 Å². The molecule has 0 atom stereocenters. The summed E-state index contributed by atoms with van der Waals surface area (Å²) in [5.41, 5.74) is 0.912. The number of rotatable bonds is 6. The molecular weight excluding hydrogens is 362 g/mol. The minimum Gasteiger partial charge on any atom is -0.313 e. The van der Waals surface area contributed by atoms with Crippen molar-refractivity contribution >= 4 is 42.4 Å². The maximum atomic E-state index is 12.4. The van der Waals surface area contributed by atoms with Gasteiger partial charge in [-0.2, -0.15) is 0 Å². The van der Waals surface area contributed by atoms with Crippen LogP contribution in [0.2, 0.25) is 0 Å². The molecule has 0 aliphatic heterocycles. The number of hydrogen-bond donors (Lipinski definition) is 2. The molecule has 1 heterocycles. The van der Waals surface area contributed by atoms with Gasteiger partial charge in [0.05, 0.1) is 0 Å². The monoisotopic (exact) mass is 375 g/mol. The lowest BCUT2D eigenvalue weighted by atomic mass is 10.2. The Kier molecular flexibility index (Phi) is 5.14. The molecule has 2 aromatic rings. The second-order valence-electron chi connectivity index (χ2n) is 3.99. The zero-order valence-corrected chi connectivity index (χ0v) is 14.0. The lowest BCUT2D eigenvalue weighted by Gasteiger charge is -2.10. The molecule has 8 heteroatoms. The molecule has 1 aromatic heterocycles. The van der Waals surface area contributed by atoms with Crippen molar-refractivity contribution in [3.05, 3.63) is 39.8 Å². The molecule has 5 nitrogen and oxygen atoms in total. The normalized spacial score (nSPS) is 11.5. The highest BCUT2D eigenvalue weighted by Crippen LogP contribution is 2.26. The van der Waals surface area contributed by atoms with E-state index < -0.39 is 10.0 Å². The van der Waals surface area contributed by atoms with Crippen LogP contribution in [0.25, 0.3) is 0 Å². The van der Waals surface area contributed by atoms with E-state index in [0.717, 1.165) is 12.1 Å². The first-order chi connectivity index (χ1) is 9.53. The van der Waals surface area contributed by atoms with Crippen molar-refractivity contribution in [2.75, 3.05) is 11.3 Å². The predicted molar refractivity (Wildman–Crippen MR) is 84.4 cm³/mol. The van der Waals surface area contributed by atoms with E-state index in [-0.39, 0.29) is 4.90 Å². The van der Waals surface area contributed by atoms with Gasteiger partial charge in [-0.05, 0) is 40.2 Å². The Morgan fingerprint density at radius 1 is 1.40 bits per heavy atom. The smallest absolute Gasteiger partial charge is 0.264 e. The fourth-order valence-corrected chi connectivity index (χ4v) is 4.38. The van der Waals surface area contributed by atoms with Crippen LogP contribution in [0.15, 0.2) is 39.1 Å². The Labute approximate surface area is 130 Å². The van der Waals surface area contributed by atoms with Crippen LogP contribution in [0.1, 0.15) is 12.5 Å². The number of nitrogens with one attached hydrogen (secondary N) is 2. The van der Waals surface area contributed by atoms with Crippen LogP contribution in [-0.2, 0) is 16.6 Å². The van der Waals surface area contributed by atoms with Crippen LogP contribution in [0.3, 0.4) is 0 Å². The van der Waals surface area contributed by atoms with Gasteiger partial charge in [-0.15, -0.1) is 11.3 Å². The molecule has 0 amide bonds. The van der Waals surface area contributed by atoms with E-state index in [1.165, 1.54) is 11.3 Å². The standard InChI is InChI=1S/C12H14BrN3O2S2/c1-2-14-8-9-3-4-10(13)11(7-9)20(17,18)16-12-15-5-6-19-12/h3-7,14H,2,8H2,1H3,(H,15,16). The topological polar surface area (TPSA) is 71.1 Å². The van der Waals surface area contributed by atoms with Crippen LogP contribution < -0.4 is 10.0 Å². The van der Waals surface area contributed by atoms with E-state index in [2.05, 4.69) is 31.0 Å². The Morgan fingerprint density at radius 2 is 2.20 bits per heavy atom. The second-order valence-corrected chi connectivity index (χ2v) is 7.39. The molecule has 1 aromatic carbocycles. The molecule has 2 N–H and O–H groups in total. The van der Waals surface area contributed by atoms with Crippen molar-refractivity contribution in [2.24, 2.45) is 0 Å². The zero-order chi connectivity index (χ0) is 14.6. The number of halogens is 1. The molecule has 0 spiro atoms. The highest BCUT2D eigenvalue weighted by atomic mass is 79.9. The van der Waals surface area contributed by atoms with E-state index in [1.807, 2.05) is 13.0 Å². The predicted octanol–water partition coefficient (Wildman–Crippen LogP) is 2.82. The Morgan fingerprint density at radius 3 is 2.85 bits per heavy atom. The van der Waals surface area contributed by atoms with Gasteiger partial charge in [0.1, 0.15) is 4.90 Å². The Balaban J connectivity index is 2.30. The third kappa shape index (κ3) is 3.78. The fourth-order valence-electron chi connectivity index (χ4n) is 1.58. The van der Waals surface area contributed by atoms with Gasteiger partial charge in [0.15, 0.2) is 5.13 Å². The number of hydrogen-bond acceptors (Lipinski definition) is 5. The van der Waals surface area contributed by atoms with Gasteiger partial charge in [0, 0.05) is 22.6 Å². The number of nitrogens with zero attached hydrogens (tertiary/aromatic N) is 1. The summed E-state index contributed by atoms with van der Waals surface area (Å²) < 4.78 is 27.7. The lowest BCUT2D eigenvalue weighted by Crippen LogP contribution is -2.15. The van der Waals surface area contributed by atoms with E-state index >= 15 is 0 Å². The van der Waals surface area contributed by atoms with Crippen LogP contribution in [0.5, 0.6) is 0 Å². The summed E-state index contributed by atoms with van der Waals surface area (Å²) in [4.78, 5) is 4.14. The average Bonchev–Trinajstić information content (AvgIpc) is 2.89.